The number of aliphatic hydroxyl groups excluding tert-OH is 3. The lowest BCUT2D eigenvalue weighted by atomic mass is 9.94. The summed E-state index contributed by atoms with van der Waals surface area (Å²) in [5, 5.41) is 30.0. The Morgan fingerprint density at radius 1 is 1.22 bits per heavy atom. The van der Waals surface area contributed by atoms with Gasteiger partial charge in [0, 0.05) is 30.7 Å². The molecule has 1 aliphatic heterocycles. The predicted octanol–water partition coefficient (Wildman–Crippen LogP) is 0.676. The Morgan fingerprint density at radius 3 is 2.70 bits per heavy atom. The molecule has 4 rings (SSSR count). The predicted molar refractivity (Wildman–Crippen MR) is 97.2 cm³/mol. The summed E-state index contributed by atoms with van der Waals surface area (Å²) in [5.41, 5.74) is 8.04. The van der Waals surface area contributed by atoms with Crippen LogP contribution in [0, 0.1) is 11.8 Å². The average molecular weight is 393 g/mol. The quantitative estimate of drug-likeness (QED) is 0.558. The van der Waals surface area contributed by atoms with E-state index >= 15 is 0 Å². The van der Waals surface area contributed by atoms with Crippen molar-refractivity contribution >= 4 is 17.5 Å². The Hall–Kier alpha value is -2.00. The number of anilines is 1. The Balaban J connectivity index is 1.64. The van der Waals surface area contributed by atoms with Crippen molar-refractivity contribution in [3.05, 3.63) is 40.4 Å². The highest BCUT2D eigenvalue weighted by Gasteiger charge is 2.42. The number of ether oxygens (including phenoxy) is 1. The van der Waals surface area contributed by atoms with Gasteiger partial charge in [-0.05, 0) is 24.8 Å². The third kappa shape index (κ3) is 3.34. The molecule has 9 heteroatoms. The maximum atomic E-state index is 10.3. The summed E-state index contributed by atoms with van der Waals surface area (Å²) >= 11 is 6.39. The van der Waals surface area contributed by atoms with Gasteiger partial charge in [-0.25, -0.2) is 9.97 Å². The largest absolute Gasteiger partial charge is 0.483 e. The summed E-state index contributed by atoms with van der Waals surface area (Å²) in [6, 6.07) is 1.89. The van der Waals surface area contributed by atoms with E-state index in [1.165, 1.54) is 0 Å². The van der Waals surface area contributed by atoms with Crippen LogP contribution in [0.25, 0.3) is 0 Å². The van der Waals surface area contributed by atoms with Gasteiger partial charge >= 0.3 is 0 Å². The topological polar surface area (TPSA) is 135 Å². The number of nitrogens with two attached hydrogens (primary N) is 1. The van der Waals surface area contributed by atoms with Crippen molar-refractivity contribution in [3.63, 3.8) is 0 Å². The van der Waals surface area contributed by atoms with Crippen LogP contribution >= 0.6 is 11.6 Å². The second-order valence-corrected chi connectivity index (χ2v) is 7.51. The first-order chi connectivity index (χ1) is 13.0. The lowest BCUT2D eigenvalue weighted by Crippen LogP contribution is -2.30. The van der Waals surface area contributed by atoms with Crippen LogP contribution in [0.15, 0.2) is 18.5 Å². The maximum Gasteiger partial charge on any atom is 0.221 e. The highest BCUT2D eigenvalue weighted by molar-refractivity contribution is 6.30. The second-order valence-electron chi connectivity index (χ2n) is 7.15. The molecule has 2 aromatic heterocycles. The molecule has 1 aliphatic carbocycles. The number of aliphatic hydroxyl groups is 3. The summed E-state index contributed by atoms with van der Waals surface area (Å²) in [7, 11) is 0. The van der Waals surface area contributed by atoms with Gasteiger partial charge in [0.2, 0.25) is 5.95 Å². The Labute approximate surface area is 161 Å². The molecule has 0 saturated heterocycles. The van der Waals surface area contributed by atoms with E-state index in [2.05, 4.69) is 15.0 Å². The SMILES string of the molecule is Nc1nc(Cl)c(C2Cc3ccncc3O2)c(CC2CC(CO)C(O)C2O)n1. The van der Waals surface area contributed by atoms with Crippen LogP contribution in [0.2, 0.25) is 5.15 Å². The third-order valence-corrected chi connectivity index (χ3v) is 5.76. The number of aromatic nitrogens is 3. The molecule has 144 valence electrons. The van der Waals surface area contributed by atoms with Crippen LogP contribution in [-0.4, -0.2) is 49.1 Å². The maximum absolute atomic E-state index is 10.3. The fourth-order valence-electron chi connectivity index (χ4n) is 4.08. The fraction of sp³-hybridized carbons (Fsp3) is 0.500. The van der Waals surface area contributed by atoms with Crippen molar-refractivity contribution in [2.75, 3.05) is 12.3 Å². The molecule has 0 amide bonds. The molecule has 8 nitrogen and oxygen atoms in total. The lowest BCUT2D eigenvalue weighted by molar-refractivity contribution is -0.00595. The van der Waals surface area contributed by atoms with Gasteiger partial charge in [0.15, 0.2) is 0 Å². The third-order valence-electron chi connectivity index (χ3n) is 5.47. The van der Waals surface area contributed by atoms with Crippen molar-refractivity contribution in [1.82, 2.24) is 15.0 Å². The molecule has 3 heterocycles. The van der Waals surface area contributed by atoms with Crippen LogP contribution < -0.4 is 10.5 Å². The molecule has 2 aromatic rings. The number of nitrogen functional groups attached to an aromatic ring is 1. The van der Waals surface area contributed by atoms with Crippen molar-refractivity contribution in [2.24, 2.45) is 11.8 Å². The highest BCUT2D eigenvalue weighted by Crippen LogP contribution is 2.41. The molecule has 0 radical (unpaired) electrons. The van der Waals surface area contributed by atoms with Gasteiger partial charge in [-0.15, -0.1) is 0 Å². The highest BCUT2D eigenvalue weighted by atomic mass is 35.5. The van der Waals surface area contributed by atoms with E-state index < -0.39 is 12.2 Å². The molecule has 1 saturated carbocycles. The van der Waals surface area contributed by atoms with Gasteiger partial charge in [-0.1, -0.05) is 11.6 Å². The van der Waals surface area contributed by atoms with Crippen LogP contribution in [0.5, 0.6) is 5.75 Å². The smallest absolute Gasteiger partial charge is 0.221 e. The molecule has 1 fully saturated rings. The van der Waals surface area contributed by atoms with E-state index in [0.29, 0.717) is 36.3 Å². The summed E-state index contributed by atoms with van der Waals surface area (Å²) < 4.78 is 5.99. The van der Waals surface area contributed by atoms with Crippen molar-refractivity contribution in [2.45, 2.75) is 37.6 Å². The van der Waals surface area contributed by atoms with E-state index in [1.54, 1.807) is 12.4 Å². The van der Waals surface area contributed by atoms with Crippen LogP contribution in [0.1, 0.15) is 29.3 Å². The summed E-state index contributed by atoms with van der Waals surface area (Å²) in [6.45, 7) is -0.178. The first-order valence-corrected chi connectivity index (χ1v) is 9.24. The zero-order valence-electron chi connectivity index (χ0n) is 14.5. The minimum atomic E-state index is -0.962. The van der Waals surface area contributed by atoms with E-state index in [4.69, 9.17) is 22.1 Å². The molecule has 2 aliphatic rings. The molecular formula is C18H21ClN4O4. The van der Waals surface area contributed by atoms with Crippen LogP contribution in [0.3, 0.4) is 0 Å². The number of rotatable bonds is 4. The second kappa shape index (κ2) is 7.20. The van der Waals surface area contributed by atoms with Gasteiger partial charge in [-0.3, -0.25) is 4.98 Å². The Kier molecular flexibility index (Phi) is 4.90. The van der Waals surface area contributed by atoms with Gasteiger partial charge in [0.05, 0.1) is 29.7 Å². The molecule has 0 spiro atoms. The number of hydrogen-bond acceptors (Lipinski definition) is 8. The van der Waals surface area contributed by atoms with Crippen LogP contribution in [0.4, 0.5) is 5.95 Å². The van der Waals surface area contributed by atoms with Crippen molar-refractivity contribution < 1.29 is 20.1 Å². The fourth-order valence-corrected chi connectivity index (χ4v) is 4.39. The minimum absolute atomic E-state index is 0.0441. The first kappa shape index (κ1) is 18.4. The molecule has 0 aromatic carbocycles. The van der Waals surface area contributed by atoms with E-state index in [-0.39, 0.29) is 35.6 Å². The Morgan fingerprint density at radius 2 is 2.00 bits per heavy atom. The summed E-state index contributed by atoms with van der Waals surface area (Å²) in [6.07, 6.45) is 2.52. The standard InChI is InChI=1S/C18H21ClN4O4/c19-17-14(12-5-8-1-2-21-6-13(8)27-12)11(22-18(20)23-17)4-9-3-10(7-24)16(26)15(9)25/h1-2,6,9-10,12,15-16,24-26H,3-5,7H2,(H2,20,22,23). The van der Waals surface area contributed by atoms with Crippen molar-refractivity contribution in [3.8, 4) is 5.75 Å². The Bertz CT molecular complexity index is 827. The molecule has 5 unspecified atom stereocenters. The normalized spacial score (nSPS) is 29.6. The van der Waals surface area contributed by atoms with Gasteiger partial charge in [0.25, 0.3) is 0 Å². The first-order valence-electron chi connectivity index (χ1n) is 8.86. The molecular weight excluding hydrogens is 372 g/mol. The average Bonchev–Trinajstić information content (AvgIpc) is 3.17. The number of fused-ring (bicyclic) bond motifs is 1. The summed E-state index contributed by atoms with van der Waals surface area (Å²) in [4.78, 5) is 12.5. The number of halogens is 1. The van der Waals surface area contributed by atoms with Gasteiger partial charge < -0.3 is 25.8 Å². The minimum Gasteiger partial charge on any atom is -0.483 e. The zero-order chi connectivity index (χ0) is 19.1. The number of nitrogens with zero attached hydrogens (tertiary/aromatic N) is 3. The van der Waals surface area contributed by atoms with E-state index in [1.807, 2.05) is 6.07 Å². The molecule has 5 N–H and O–H groups in total. The van der Waals surface area contributed by atoms with Gasteiger partial charge in [0.1, 0.15) is 17.0 Å². The van der Waals surface area contributed by atoms with E-state index in [0.717, 1.165) is 5.56 Å². The summed E-state index contributed by atoms with van der Waals surface area (Å²) in [5.74, 6) is 0.105. The molecule has 27 heavy (non-hydrogen) atoms. The lowest BCUT2D eigenvalue weighted by Gasteiger charge is -2.20. The monoisotopic (exact) mass is 392 g/mol. The molecule has 0 bridgehead atoms. The number of hydrogen-bond donors (Lipinski definition) is 4. The van der Waals surface area contributed by atoms with Crippen LogP contribution in [-0.2, 0) is 12.8 Å². The molecule has 5 atom stereocenters. The van der Waals surface area contributed by atoms with Crippen molar-refractivity contribution in [1.29, 1.82) is 0 Å². The zero-order valence-corrected chi connectivity index (χ0v) is 15.3. The number of pyridine rings is 1. The van der Waals surface area contributed by atoms with Gasteiger partial charge in [-0.2, -0.15) is 0 Å². The van der Waals surface area contributed by atoms with E-state index in [9.17, 15) is 15.3 Å².